The van der Waals surface area contributed by atoms with Gasteiger partial charge in [-0.15, -0.1) is 0 Å². The van der Waals surface area contributed by atoms with Crippen LogP contribution in [0, 0.1) is 23.7 Å². The predicted octanol–water partition coefficient (Wildman–Crippen LogP) is 3.60. The number of aliphatic carboxylic acids is 1. The quantitative estimate of drug-likeness (QED) is 0.795. The summed E-state index contributed by atoms with van der Waals surface area (Å²) < 4.78 is 0. The van der Waals surface area contributed by atoms with Gasteiger partial charge in [0.15, 0.2) is 5.78 Å². The van der Waals surface area contributed by atoms with E-state index in [2.05, 4.69) is 5.32 Å². The van der Waals surface area contributed by atoms with Crippen LogP contribution in [0.4, 0.5) is 5.69 Å². The van der Waals surface area contributed by atoms with Crippen molar-refractivity contribution >= 4 is 23.3 Å². The molecule has 2 saturated carbocycles. The number of hydrogen-bond donors (Lipinski definition) is 2. The second-order valence-electron chi connectivity index (χ2n) is 7.45. The number of rotatable bonds is 5. The number of nitrogens with one attached hydrogen (secondary N) is 1. The number of hydrogen-bond acceptors (Lipinski definition) is 3. The minimum absolute atomic E-state index is 0.0874. The Labute approximate surface area is 157 Å². The summed E-state index contributed by atoms with van der Waals surface area (Å²) in [5, 5.41) is 12.4. The maximum absolute atomic E-state index is 12.9. The minimum atomic E-state index is -0.893. The van der Waals surface area contributed by atoms with Crippen LogP contribution in [0.15, 0.2) is 54.6 Å². The van der Waals surface area contributed by atoms with Crippen LogP contribution >= 0.6 is 0 Å². The van der Waals surface area contributed by atoms with E-state index in [9.17, 15) is 19.5 Å². The van der Waals surface area contributed by atoms with E-state index < -0.39 is 17.8 Å². The summed E-state index contributed by atoms with van der Waals surface area (Å²) >= 11 is 0. The van der Waals surface area contributed by atoms with E-state index in [0.717, 1.165) is 19.3 Å². The average molecular weight is 363 g/mol. The molecule has 2 aliphatic rings. The summed E-state index contributed by atoms with van der Waals surface area (Å²) in [7, 11) is 0. The molecular formula is C22H21NO4. The number of para-hydroxylation sites is 1. The van der Waals surface area contributed by atoms with Crippen molar-refractivity contribution in [3.05, 3.63) is 65.7 Å². The first-order valence-corrected chi connectivity index (χ1v) is 9.28. The molecule has 2 fully saturated rings. The number of carbonyl (C=O) groups excluding carboxylic acids is 2. The topological polar surface area (TPSA) is 83.5 Å². The van der Waals surface area contributed by atoms with Gasteiger partial charge in [0.2, 0.25) is 5.91 Å². The van der Waals surface area contributed by atoms with Gasteiger partial charge in [0, 0.05) is 11.1 Å². The van der Waals surface area contributed by atoms with Crippen LogP contribution in [0.3, 0.4) is 0 Å². The molecule has 27 heavy (non-hydrogen) atoms. The van der Waals surface area contributed by atoms with Crippen LogP contribution in [0.25, 0.3) is 0 Å². The standard InChI is InChI=1S/C22H21NO4/c24-20(13-6-2-1-3-7-13)16-8-4-5-9-17(16)23-21(25)18-14-10-11-15(12-14)19(18)22(26)27/h1-9,14-15,18-19H,10-12H2,(H,23,25)(H,26,27)/t14-,15+,18-,19-/m0/s1. The third-order valence-electron chi connectivity index (χ3n) is 5.97. The van der Waals surface area contributed by atoms with Crippen molar-refractivity contribution in [2.45, 2.75) is 19.3 Å². The summed E-state index contributed by atoms with van der Waals surface area (Å²) in [6, 6.07) is 15.8. The monoisotopic (exact) mass is 363 g/mol. The Morgan fingerprint density at radius 2 is 1.48 bits per heavy atom. The van der Waals surface area contributed by atoms with Crippen LogP contribution < -0.4 is 5.32 Å². The number of carbonyl (C=O) groups is 3. The van der Waals surface area contributed by atoms with E-state index in [-0.39, 0.29) is 23.5 Å². The van der Waals surface area contributed by atoms with Gasteiger partial charge in [-0.3, -0.25) is 14.4 Å². The van der Waals surface area contributed by atoms with Crippen LogP contribution in [0.5, 0.6) is 0 Å². The smallest absolute Gasteiger partial charge is 0.307 e. The lowest BCUT2D eigenvalue weighted by Gasteiger charge is -2.27. The van der Waals surface area contributed by atoms with Crippen molar-refractivity contribution in [1.82, 2.24) is 0 Å². The second kappa shape index (κ2) is 6.99. The maximum Gasteiger partial charge on any atom is 0.307 e. The first kappa shape index (κ1) is 17.5. The Morgan fingerprint density at radius 3 is 2.19 bits per heavy atom. The molecule has 2 aromatic rings. The van der Waals surface area contributed by atoms with Gasteiger partial charge < -0.3 is 10.4 Å². The molecule has 2 bridgehead atoms. The Bertz CT molecular complexity index is 892. The van der Waals surface area contributed by atoms with Gasteiger partial charge in [0.1, 0.15) is 0 Å². The maximum atomic E-state index is 12.9. The summed E-state index contributed by atoms with van der Waals surface area (Å²) in [4.78, 5) is 37.5. The van der Waals surface area contributed by atoms with Crippen molar-refractivity contribution < 1.29 is 19.5 Å². The lowest BCUT2D eigenvalue weighted by molar-refractivity contribution is -0.148. The van der Waals surface area contributed by atoms with Gasteiger partial charge in [0.05, 0.1) is 17.5 Å². The average Bonchev–Trinajstić information content (AvgIpc) is 3.30. The van der Waals surface area contributed by atoms with E-state index in [1.165, 1.54) is 0 Å². The molecule has 138 valence electrons. The largest absolute Gasteiger partial charge is 0.481 e. The number of anilines is 1. The highest BCUT2D eigenvalue weighted by atomic mass is 16.4. The lowest BCUT2D eigenvalue weighted by Crippen LogP contribution is -2.38. The predicted molar refractivity (Wildman–Crippen MR) is 100 cm³/mol. The highest BCUT2D eigenvalue weighted by Crippen LogP contribution is 2.52. The van der Waals surface area contributed by atoms with Gasteiger partial charge in [-0.1, -0.05) is 42.5 Å². The zero-order valence-corrected chi connectivity index (χ0v) is 14.8. The fraction of sp³-hybridized carbons (Fsp3) is 0.318. The number of carboxylic acid groups (broad SMARTS) is 1. The van der Waals surface area contributed by atoms with Crippen LogP contribution in [0.2, 0.25) is 0 Å². The molecule has 0 aliphatic heterocycles. The molecule has 0 saturated heterocycles. The molecule has 2 N–H and O–H groups in total. The molecule has 0 spiro atoms. The fourth-order valence-electron chi connectivity index (χ4n) is 4.78. The number of fused-ring (bicyclic) bond motifs is 2. The number of amides is 1. The van der Waals surface area contributed by atoms with Crippen LogP contribution in [0.1, 0.15) is 35.2 Å². The normalized spacial score (nSPS) is 25.9. The molecule has 4 rings (SSSR count). The Morgan fingerprint density at radius 1 is 0.852 bits per heavy atom. The highest BCUT2D eigenvalue weighted by molar-refractivity contribution is 6.14. The highest BCUT2D eigenvalue weighted by Gasteiger charge is 2.54. The fourth-order valence-corrected chi connectivity index (χ4v) is 4.78. The van der Waals surface area contributed by atoms with E-state index in [1.807, 2.05) is 6.07 Å². The summed E-state index contributed by atoms with van der Waals surface area (Å²) in [5.74, 6) is -2.30. The second-order valence-corrected chi connectivity index (χ2v) is 7.45. The van der Waals surface area contributed by atoms with Crippen molar-refractivity contribution in [2.24, 2.45) is 23.7 Å². The molecule has 0 heterocycles. The molecular weight excluding hydrogens is 342 g/mol. The summed E-state index contributed by atoms with van der Waals surface area (Å²) in [6.07, 6.45) is 2.59. The lowest BCUT2D eigenvalue weighted by atomic mass is 9.78. The molecule has 5 nitrogen and oxygen atoms in total. The van der Waals surface area contributed by atoms with E-state index in [0.29, 0.717) is 16.8 Å². The van der Waals surface area contributed by atoms with Gasteiger partial charge in [-0.25, -0.2) is 0 Å². The summed E-state index contributed by atoms with van der Waals surface area (Å²) in [6.45, 7) is 0. The molecule has 0 radical (unpaired) electrons. The number of benzene rings is 2. The molecule has 4 atom stereocenters. The Balaban J connectivity index is 1.59. The van der Waals surface area contributed by atoms with Gasteiger partial charge in [0.25, 0.3) is 0 Å². The van der Waals surface area contributed by atoms with E-state index in [4.69, 9.17) is 0 Å². The minimum Gasteiger partial charge on any atom is -0.481 e. The van der Waals surface area contributed by atoms with Crippen molar-refractivity contribution in [2.75, 3.05) is 5.32 Å². The molecule has 0 unspecified atom stereocenters. The van der Waals surface area contributed by atoms with Gasteiger partial charge in [-0.2, -0.15) is 0 Å². The first-order chi connectivity index (χ1) is 13.1. The zero-order valence-electron chi connectivity index (χ0n) is 14.8. The summed E-state index contributed by atoms with van der Waals surface area (Å²) in [5.41, 5.74) is 1.39. The zero-order chi connectivity index (χ0) is 19.0. The molecule has 2 aliphatic carbocycles. The SMILES string of the molecule is O=C(c1ccccc1)c1ccccc1NC(=O)[C@H]1[C@H]2CC[C@H](C2)[C@@H]1C(=O)O. The van der Waals surface area contributed by atoms with Crippen molar-refractivity contribution in [1.29, 1.82) is 0 Å². The van der Waals surface area contributed by atoms with Crippen molar-refractivity contribution in [3.63, 3.8) is 0 Å². The molecule has 0 aromatic heterocycles. The number of ketones is 1. The van der Waals surface area contributed by atoms with E-state index in [1.54, 1.807) is 48.5 Å². The molecule has 1 amide bonds. The van der Waals surface area contributed by atoms with Gasteiger partial charge >= 0.3 is 5.97 Å². The Kier molecular flexibility index (Phi) is 4.52. The van der Waals surface area contributed by atoms with Gasteiger partial charge in [-0.05, 0) is 43.2 Å². The van der Waals surface area contributed by atoms with Crippen LogP contribution in [-0.4, -0.2) is 22.8 Å². The first-order valence-electron chi connectivity index (χ1n) is 9.28. The van der Waals surface area contributed by atoms with Crippen molar-refractivity contribution in [3.8, 4) is 0 Å². The molecule has 2 aromatic carbocycles. The Hall–Kier alpha value is -2.95. The van der Waals surface area contributed by atoms with E-state index >= 15 is 0 Å². The molecule has 5 heteroatoms. The number of carboxylic acids is 1. The third kappa shape index (κ3) is 3.14. The van der Waals surface area contributed by atoms with Crippen LogP contribution in [-0.2, 0) is 9.59 Å². The third-order valence-corrected chi connectivity index (χ3v) is 5.97.